The molecular formula is C10H18BrNO2. The molecule has 1 fully saturated rings. The highest BCUT2D eigenvalue weighted by molar-refractivity contribution is 9.10. The molecule has 1 saturated heterocycles. The number of halogens is 1. The van der Waals surface area contributed by atoms with Crippen LogP contribution in [-0.4, -0.2) is 30.0 Å². The Morgan fingerprint density at radius 2 is 2.43 bits per heavy atom. The van der Waals surface area contributed by atoms with Gasteiger partial charge in [-0.3, -0.25) is 4.79 Å². The second-order valence-corrected chi connectivity index (χ2v) is 4.90. The third kappa shape index (κ3) is 3.24. The van der Waals surface area contributed by atoms with Crippen molar-refractivity contribution in [2.45, 2.75) is 37.6 Å². The van der Waals surface area contributed by atoms with E-state index in [1.54, 1.807) is 0 Å². The lowest BCUT2D eigenvalue weighted by molar-refractivity contribution is -0.121. The summed E-state index contributed by atoms with van der Waals surface area (Å²) in [6.45, 7) is 5.64. The molecule has 1 amide bonds. The third-order valence-electron chi connectivity index (χ3n) is 2.68. The lowest BCUT2D eigenvalue weighted by atomic mass is 10.0. The maximum absolute atomic E-state index is 11.5. The molecule has 3 atom stereocenters. The monoisotopic (exact) mass is 263 g/mol. The molecule has 0 bridgehead atoms. The maximum Gasteiger partial charge on any atom is 0.233 e. The van der Waals surface area contributed by atoms with Gasteiger partial charge in [-0.15, -0.1) is 0 Å². The number of ether oxygens (including phenoxy) is 1. The van der Waals surface area contributed by atoms with Gasteiger partial charge in [0.25, 0.3) is 0 Å². The Labute approximate surface area is 93.7 Å². The maximum atomic E-state index is 11.5. The number of nitrogens with one attached hydrogen (secondary N) is 1. The largest absolute Gasteiger partial charge is 0.381 e. The van der Waals surface area contributed by atoms with Gasteiger partial charge >= 0.3 is 0 Å². The standard InChI is InChI=1S/C10H18BrNO2/c1-3-9(11)10(13)12-7(2)8-4-5-14-6-8/h7-9H,3-6H2,1-2H3,(H,12,13). The molecule has 1 aliphatic rings. The van der Waals surface area contributed by atoms with Crippen molar-refractivity contribution in [3.8, 4) is 0 Å². The predicted octanol–water partition coefficient (Wildman–Crippen LogP) is 1.70. The molecule has 0 radical (unpaired) electrons. The van der Waals surface area contributed by atoms with Crippen LogP contribution in [0.4, 0.5) is 0 Å². The molecule has 0 saturated carbocycles. The zero-order valence-electron chi connectivity index (χ0n) is 8.75. The van der Waals surface area contributed by atoms with E-state index < -0.39 is 0 Å². The van der Waals surface area contributed by atoms with E-state index in [4.69, 9.17) is 4.74 Å². The van der Waals surface area contributed by atoms with Crippen molar-refractivity contribution in [1.82, 2.24) is 5.32 Å². The smallest absolute Gasteiger partial charge is 0.233 e. The van der Waals surface area contributed by atoms with Crippen LogP contribution in [0.5, 0.6) is 0 Å². The van der Waals surface area contributed by atoms with Crippen molar-refractivity contribution in [3.63, 3.8) is 0 Å². The quantitative estimate of drug-likeness (QED) is 0.785. The lowest BCUT2D eigenvalue weighted by Crippen LogP contribution is -2.41. The van der Waals surface area contributed by atoms with E-state index in [1.165, 1.54) is 0 Å². The van der Waals surface area contributed by atoms with Gasteiger partial charge < -0.3 is 10.1 Å². The molecule has 1 heterocycles. The Hall–Kier alpha value is -0.0900. The number of carbonyl (C=O) groups excluding carboxylic acids is 1. The van der Waals surface area contributed by atoms with Crippen molar-refractivity contribution >= 4 is 21.8 Å². The summed E-state index contributed by atoms with van der Waals surface area (Å²) in [5.74, 6) is 0.572. The summed E-state index contributed by atoms with van der Waals surface area (Å²) in [5.41, 5.74) is 0. The molecule has 82 valence electrons. The fourth-order valence-electron chi connectivity index (χ4n) is 1.57. The molecule has 1 aliphatic heterocycles. The first-order chi connectivity index (χ1) is 6.65. The summed E-state index contributed by atoms with van der Waals surface area (Å²) in [7, 11) is 0. The van der Waals surface area contributed by atoms with Crippen LogP contribution in [-0.2, 0) is 9.53 Å². The van der Waals surface area contributed by atoms with E-state index >= 15 is 0 Å². The van der Waals surface area contributed by atoms with Crippen LogP contribution in [0.2, 0.25) is 0 Å². The molecule has 3 nitrogen and oxygen atoms in total. The molecule has 4 heteroatoms. The van der Waals surface area contributed by atoms with Gasteiger partial charge in [-0.2, -0.15) is 0 Å². The first kappa shape index (κ1) is 12.0. The molecule has 1 N–H and O–H groups in total. The van der Waals surface area contributed by atoms with Gasteiger partial charge in [-0.25, -0.2) is 0 Å². The average Bonchev–Trinajstić information content (AvgIpc) is 2.69. The van der Waals surface area contributed by atoms with Gasteiger partial charge in [0, 0.05) is 18.6 Å². The van der Waals surface area contributed by atoms with Gasteiger partial charge in [-0.1, -0.05) is 22.9 Å². The van der Waals surface area contributed by atoms with Crippen LogP contribution >= 0.6 is 15.9 Å². The second kappa shape index (κ2) is 5.71. The SMILES string of the molecule is CCC(Br)C(=O)NC(C)C1CCOC1. The zero-order valence-corrected chi connectivity index (χ0v) is 10.3. The minimum Gasteiger partial charge on any atom is -0.381 e. The summed E-state index contributed by atoms with van der Waals surface area (Å²) < 4.78 is 5.28. The van der Waals surface area contributed by atoms with Crippen LogP contribution < -0.4 is 5.32 Å². The summed E-state index contributed by atoms with van der Waals surface area (Å²) >= 11 is 3.34. The van der Waals surface area contributed by atoms with Crippen molar-refractivity contribution in [3.05, 3.63) is 0 Å². The molecule has 0 aromatic rings. The van der Waals surface area contributed by atoms with Crippen LogP contribution in [0.1, 0.15) is 26.7 Å². The second-order valence-electron chi connectivity index (χ2n) is 3.80. The Bertz CT molecular complexity index is 193. The summed E-state index contributed by atoms with van der Waals surface area (Å²) in [6.07, 6.45) is 1.88. The van der Waals surface area contributed by atoms with E-state index in [0.717, 1.165) is 26.1 Å². The van der Waals surface area contributed by atoms with Crippen molar-refractivity contribution < 1.29 is 9.53 Å². The number of hydrogen-bond donors (Lipinski definition) is 1. The Kier molecular flexibility index (Phi) is 4.89. The topological polar surface area (TPSA) is 38.3 Å². The minimum atomic E-state index is -0.0627. The van der Waals surface area contributed by atoms with Crippen molar-refractivity contribution in [2.75, 3.05) is 13.2 Å². The summed E-state index contributed by atoms with van der Waals surface area (Å²) in [6, 6.07) is 0.219. The fourth-order valence-corrected chi connectivity index (χ4v) is 1.70. The third-order valence-corrected chi connectivity index (χ3v) is 3.75. The number of alkyl halides is 1. The summed E-state index contributed by atoms with van der Waals surface area (Å²) in [5, 5.41) is 3.01. The van der Waals surface area contributed by atoms with Gasteiger partial charge in [0.15, 0.2) is 0 Å². The number of carbonyl (C=O) groups is 1. The van der Waals surface area contributed by atoms with Crippen molar-refractivity contribution in [1.29, 1.82) is 0 Å². The van der Waals surface area contributed by atoms with E-state index in [9.17, 15) is 4.79 Å². The van der Waals surface area contributed by atoms with Crippen molar-refractivity contribution in [2.24, 2.45) is 5.92 Å². The Morgan fingerprint density at radius 3 is 2.93 bits per heavy atom. The number of hydrogen-bond acceptors (Lipinski definition) is 2. The molecular weight excluding hydrogens is 246 g/mol. The summed E-state index contributed by atoms with van der Waals surface area (Å²) in [4.78, 5) is 11.5. The van der Waals surface area contributed by atoms with E-state index in [0.29, 0.717) is 5.92 Å². The predicted molar refractivity (Wildman–Crippen MR) is 59.5 cm³/mol. The molecule has 3 unspecified atom stereocenters. The van der Waals surface area contributed by atoms with Crippen LogP contribution in [0, 0.1) is 5.92 Å². The highest BCUT2D eigenvalue weighted by atomic mass is 79.9. The molecule has 0 aromatic heterocycles. The van der Waals surface area contributed by atoms with Gasteiger partial charge in [0.2, 0.25) is 5.91 Å². The normalized spacial score (nSPS) is 25.8. The van der Waals surface area contributed by atoms with Gasteiger partial charge in [0.1, 0.15) is 0 Å². The number of rotatable bonds is 4. The Morgan fingerprint density at radius 1 is 1.71 bits per heavy atom. The van der Waals surface area contributed by atoms with Crippen LogP contribution in [0.15, 0.2) is 0 Å². The van der Waals surface area contributed by atoms with E-state index in [1.807, 2.05) is 13.8 Å². The van der Waals surface area contributed by atoms with Gasteiger partial charge in [0.05, 0.1) is 11.4 Å². The Balaban J connectivity index is 2.31. The van der Waals surface area contributed by atoms with Gasteiger partial charge in [-0.05, 0) is 19.8 Å². The zero-order chi connectivity index (χ0) is 10.6. The van der Waals surface area contributed by atoms with Crippen LogP contribution in [0.25, 0.3) is 0 Å². The first-order valence-electron chi connectivity index (χ1n) is 5.17. The number of amides is 1. The first-order valence-corrected chi connectivity index (χ1v) is 6.09. The molecule has 0 aliphatic carbocycles. The average molecular weight is 264 g/mol. The molecule has 1 rings (SSSR count). The molecule has 0 spiro atoms. The molecule has 0 aromatic carbocycles. The highest BCUT2D eigenvalue weighted by Crippen LogP contribution is 2.17. The van der Waals surface area contributed by atoms with Crippen LogP contribution in [0.3, 0.4) is 0 Å². The molecule has 14 heavy (non-hydrogen) atoms. The highest BCUT2D eigenvalue weighted by Gasteiger charge is 2.24. The fraction of sp³-hybridized carbons (Fsp3) is 0.900. The lowest BCUT2D eigenvalue weighted by Gasteiger charge is -2.20. The van der Waals surface area contributed by atoms with E-state index in [2.05, 4.69) is 21.2 Å². The van der Waals surface area contributed by atoms with E-state index in [-0.39, 0.29) is 16.8 Å². The minimum absolute atomic E-state index is 0.0627.